The molecule has 0 bridgehead atoms. The summed E-state index contributed by atoms with van der Waals surface area (Å²) in [5.41, 5.74) is 1.68. The van der Waals surface area contributed by atoms with E-state index in [0.717, 1.165) is 24.5 Å². The molecule has 0 fully saturated rings. The van der Waals surface area contributed by atoms with Crippen LogP contribution < -0.4 is 4.74 Å². The number of hydrogen-bond acceptors (Lipinski definition) is 5. The van der Waals surface area contributed by atoms with E-state index in [9.17, 15) is 13.2 Å². The Bertz CT molecular complexity index is 970. The van der Waals surface area contributed by atoms with Crippen molar-refractivity contribution in [1.82, 2.24) is 25.0 Å². The van der Waals surface area contributed by atoms with Crippen molar-refractivity contribution in [3.8, 4) is 11.7 Å². The lowest BCUT2D eigenvalue weighted by molar-refractivity contribution is -0.137. The Morgan fingerprint density at radius 1 is 1.07 bits per heavy atom. The first kappa shape index (κ1) is 21.7. The minimum Gasteiger partial charge on any atom is -0.457 e. The number of aromatic nitrogens is 5. The molecule has 0 spiro atoms. The molecule has 0 saturated heterocycles. The van der Waals surface area contributed by atoms with E-state index in [0.29, 0.717) is 23.4 Å². The zero-order valence-corrected chi connectivity index (χ0v) is 17.1. The number of halogens is 3. The first-order valence-corrected chi connectivity index (χ1v) is 9.85. The maximum atomic E-state index is 13.4. The number of hydrogen-bond donors (Lipinski definition) is 0. The second-order valence-corrected chi connectivity index (χ2v) is 7.27. The van der Waals surface area contributed by atoms with Gasteiger partial charge in [-0.1, -0.05) is 32.4 Å². The van der Waals surface area contributed by atoms with Crippen LogP contribution in [0.4, 0.5) is 13.2 Å². The summed E-state index contributed by atoms with van der Waals surface area (Å²) in [5.74, 6) is 0.278. The quantitative estimate of drug-likeness (QED) is 0.524. The van der Waals surface area contributed by atoms with E-state index in [1.54, 1.807) is 24.7 Å². The maximum absolute atomic E-state index is 13.4. The Kier molecular flexibility index (Phi) is 6.69. The van der Waals surface area contributed by atoms with E-state index in [1.807, 2.05) is 20.8 Å². The highest BCUT2D eigenvalue weighted by atomic mass is 19.4. The van der Waals surface area contributed by atoms with Gasteiger partial charge >= 0.3 is 12.2 Å². The van der Waals surface area contributed by atoms with E-state index in [2.05, 4.69) is 20.3 Å². The Balaban J connectivity index is 1.79. The van der Waals surface area contributed by atoms with Crippen LogP contribution in [0.5, 0.6) is 6.01 Å². The van der Waals surface area contributed by atoms with Crippen LogP contribution in [0.2, 0.25) is 0 Å². The molecule has 0 aliphatic rings. The average molecular weight is 419 g/mol. The molecule has 1 unspecified atom stereocenters. The molecule has 2 aromatic heterocycles. The van der Waals surface area contributed by atoms with Gasteiger partial charge < -0.3 is 4.74 Å². The van der Waals surface area contributed by atoms with Gasteiger partial charge in [-0.25, -0.2) is 14.6 Å². The van der Waals surface area contributed by atoms with Crippen LogP contribution in [0.1, 0.15) is 49.6 Å². The predicted octanol–water partition coefficient (Wildman–Crippen LogP) is 4.81. The molecule has 0 N–H and O–H groups in total. The van der Waals surface area contributed by atoms with Gasteiger partial charge in [0.2, 0.25) is 0 Å². The third-order valence-corrected chi connectivity index (χ3v) is 4.83. The molecule has 0 saturated carbocycles. The minimum absolute atomic E-state index is 0.0597. The molecule has 0 aliphatic heterocycles. The summed E-state index contributed by atoms with van der Waals surface area (Å²) >= 11 is 0. The van der Waals surface area contributed by atoms with E-state index in [-0.39, 0.29) is 18.5 Å². The van der Waals surface area contributed by atoms with E-state index in [1.165, 1.54) is 10.7 Å². The SMILES string of the molecule is CCc1cnc(OCc2cn(-c3cc(CC(C)CC)cc(C(F)(F)F)c3)nn2)nc1. The summed E-state index contributed by atoms with van der Waals surface area (Å²) in [6.45, 7) is 6.09. The van der Waals surface area contributed by atoms with E-state index < -0.39 is 11.7 Å². The summed E-state index contributed by atoms with van der Waals surface area (Å²) < 4.78 is 46.9. The Morgan fingerprint density at radius 3 is 2.43 bits per heavy atom. The molecule has 2 heterocycles. The van der Waals surface area contributed by atoms with E-state index in [4.69, 9.17) is 4.74 Å². The van der Waals surface area contributed by atoms with Crippen molar-refractivity contribution >= 4 is 0 Å². The minimum atomic E-state index is -4.44. The van der Waals surface area contributed by atoms with E-state index >= 15 is 0 Å². The standard InChI is InChI=1S/C21H24F3N5O/c1-4-14(3)6-16-7-17(21(22,23)24)9-19(8-16)29-12-18(27-28-29)13-30-20-25-10-15(5-2)11-26-20/h7-12,14H,4-6,13H2,1-3H3. The molecule has 160 valence electrons. The smallest absolute Gasteiger partial charge is 0.416 e. The summed E-state index contributed by atoms with van der Waals surface area (Å²) in [6, 6.07) is 4.20. The molecule has 0 aliphatic carbocycles. The molecule has 3 rings (SSSR count). The van der Waals surface area contributed by atoms with Gasteiger partial charge in [-0.15, -0.1) is 5.10 Å². The number of rotatable bonds is 8. The number of nitrogens with zero attached hydrogens (tertiary/aromatic N) is 5. The molecule has 30 heavy (non-hydrogen) atoms. The third kappa shape index (κ3) is 5.55. The van der Waals surface area contributed by atoms with Gasteiger partial charge in [0, 0.05) is 12.4 Å². The summed E-state index contributed by atoms with van der Waals surface area (Å²) in [5, 5.41) is 7.96. The Morgan fingerprint density at radius 2 is 1.80 bits per heavy atom. The van der Waals surface area contributed by atoms with Gasteiger partial charge in [0.1, 0.15) is 12.3 Å². The topological polar surface area (TPSA) is 65.7 Å². The fourth-order valence-corrected chi connectivity index (χ4v) is 2.86. The molecule has 9 heteroatoms. The summed E-state index contributed by atoms with van der Waals surface area (Å²) in [7, 11) is 0. The van der Waals surface area contributed by atoms with Crippen LogP contribution in [0.25, 0.3) is 5.69 Å². The van der Waals surface area contributed by atoms with Gasteiger partial charge in [0.15, 0.2) is 0 Å². The van der Waals surface area contributed by atoms with Crippen molar-refractivity contribution in [2.75, 3.05) is 0 Å². The number of ether oxygens (including phenoxy) is 1. The highest BCUT2D eigenvalue weighted by molar-refractivity contribution is 5.41. The van der Waals surface area contributed by atoms with Gasteiger partial charge in [0.25, 0.3) is 0 Å². The van der Waals surface area contributed by atoms with Crippen LogP contribution in [-0.4, -0.2) is 25.0 Å². The van der Waals surface area contributed by atoms with Crippen LogP contribution in [-0.2, 0) is 25.6 Å². The largest absolute Gasteiger partial charge is 0.457 e. The Labute approximate surface area is 173 Å². The fourth-order valence-electron chi connectivity index (χ4n) is 2.86. The molecule has 6 nitrogen and oxygen atoms in total. The van der Waals surface area contributed by atoms with Crippen LogP contribution >= 0.6 is 0 Å². The molecular formula is C21H24F3N5O. The molecule has 0 radical (unpaired) electrons. The highest BCUT2D eigenvalue weighted by Gasteiger charge is 2.31. The third-order valence-electron chi connectivity index (χ3n) is 4.83. The molecule has 3 aromatic rings. The zero-order chi connectivity index (χ0) is 21.7. The zero-order valence-electron chi connectivity index (χ0n) is 17.1. The second kappa shape index (κ2) is 9.23. The van der Waals surface area contributed by atoms with Crippen LogP contribution in [0.3, 0.4) is 0 Å². The lowest BCUT2D eigenvalue weighted by Crippen LogP contribution is -2.09. The van der Waals surface area contributed by atoms with Gasteiger partial charge in [0.05, 0.1) is 17.4 Å². The fraction of sp³-hybridized carbons (Fsp3) is 0.429. The highest BCUT2D eigenvalue weighted by Crippen LogP contribution is 2.32. The van der Waals surface area contributed by atoms with Crippen molar-refractivity contribution in [2.45, 2.75) is 52.8 Å². The number of aryl methyl sites for hydroxylation is 1. The van der Waals surface area contributed by atoms with Gasteiger partial charge in [-0.2, -0.15) is 13.2 Å². The maximum Gasteiger partial charge on any atom is 0.416 e. The molecule has 1 aromatic carbocycles. The predicted molar refractivity (Wildman–Crippen MR) is 105 cm³/mol. The van der Waals surface area contributed by atoms with Crippen LogP contribution in [0, 0.1) is 5.92 Å². The Hall–Kier alpha value is -2.97. The normalized spacial score (nSPS) is 12.7. The summed E-state index contributed by atoms with van der Waals surface area (Å²) in [6.07, 6.45) is 2.74. The first-order chi connectivity index (χ1) is 14.3. The van der Waals surface area contributed by atoms with Crippen molar-refractivity contribution in [1.29, 1.82) is 0 Å². The van der Waals surface area contributed by atoms with Crippen molar-refractivity contribution in [3.05, 3.63) is 59.2 Å². The van der Waals surface area contributed by atoms with Crippen molar-refractivity contribution in [3.63, 3.8) is 0 Å². The average Bonchev–Trinajstić information content (AvgIpc) is 3.21. The molecule has 1 atom stereocenters. The lowest BCUT2D eigenvalue weighted by atomic mass is 9.97. The van der Waals surface area contributed by atoms with Crippen molar-refractivity contribution < 1.29 is 17.9 Å². The number of benzene rings is 1. The number of alkyl halides is 3. The molecule has 0 amide bonds. The van der Waals surface area contributed by atoms with Crippen molar-refractivity contribution in [2.24, 2.45) is 5.92 Å². The molecular weight excluding hydrogens is 395 g/mol. The lowest BCUT2D eigenvalue weighted by Gasteiger charge is -2.14. The second-order valence-electron chi connectivity index (χ2n) is 7.27. The van der Waals surface area contributed by atoms with Gasteiger partial charge in [-0.05, 0) is 48.1 Å². The summed E-state index contributed by atoms with van der Waals surface area (Å²) in [4.78, 5) is 8.20. The van der Waals surface area contributed by atoms with Gasteiger partial charge in [-0.3, -0.25) is 0 Å². The monoisotopic (exact) mass is 419 g/mol. The first-order valence-electron chi connectivity index (χ1n) is 9.85. The van der Waals surface area contributed by atoms with Crippen LogP contribution in [0.15, 0.2) is 36.8 Å².